The third-order valence-corrected chi connectivity index (χ3v) is 4.84. The van der Waals surface area contributed by atoms with Crippen LogP contribution in [0.1, 0.15) is 30.9 Å². The summed E-state index contributed by atoms with van der Waals surface area (Å²) in [7, 11) is 3.24. The Bertz CT molecular complexity index is 589. The summed E-state index contributed by atoms with van der Waals surface area (Å²) in [5.41, 5.74) is 2.58. The average Bonchev–Trinajstić information content (AvgIpc) is 2.96. The van der Waals surface area contributed by atoms with Crippen LogP contribution in [0, 0.1) is 18.8 Å². The molecule has 6 heteroatoms. The Morgan fingerprint density at radius 1 is 1.36 bits per heavy atom. The van der Waals surface area contributed by atoms with E-state index in [0.29, 0.717) is 12.5 Å². The normalized spacial score (nSPS) is 21.5. The number of benzene rings is 1. The van der Waals surface area contributed by atoms with Gasteiger partial charge in [-0.1, -0.05) is 43.7 Å². The summed E-state index contributed by atoms with van der Waals surface area (Å²) < 4.78 is 4.91. The lowest BCUT2D eigenvalue weighted by atomic mass is 9.99. The molecule has 0 amide bonds. The van der Waals surface area contributed by atoms with Gasteiger partial charge in [0.1, 0.15) is 0 Å². The third kappa shape index (κ3) is 5.59. The van der Waals surface area contributed by atoms with Crippen LogP contribution in [0.25, 0.3) is 0 Å². The van der Waals surface area contributed by atoms with E-state index >= 15 is 0 Å². The van der Waals surface area contributed by atoms with Gasteiger partial charge in [-0.25, -0.2) is 0 Å². The zero-order valence-electron chi connectivity index (χ0n) is 15.8. The van der Waals surface area contributed by atoms with Gasteiger partial charge in [0, 0.05) is 26.7 Å². The summed E-state index contributed by atoms with van der Waals surface area (Å²) in [6.45, 7) is 8.67. The van der Waals surface area contributed by atoms with Gasteiger partial charge in [0.15, 0.2) is 5.96 Å². The van der Waals surface area contributed by atoms with Crippen molar-refractivity contribution in [1.82, 2.24) is 10.2 Å². The van der Waals surface area contributed by atoms with Gasteiger partial charge in [-0.3, -0.25) is 9.79 Å². The number of guanidine groups is 1. The molecule has 0 bridgehead atoms. The topological polar surface area (TPSA) is 53.9 Å². The summed E-state index contributed by atoms with van der Waals surface area (Å²) in [4.78, 5) is 18.4. The molecule has 1 aromatic carbocycles. The summed E-state index contributed by atoms with van der Waals surface area (Å²) >= 11 is 0. The van der Waals surface area contributed by atoms with Crippen molar-refractivity contribution in [1.29, 1.82) is 0 Å². The summed E-state index contributed by atoms with van der Waals surface area (Å²) in [5.74, 6) is 1.30. The van der Waals surface area contributed by atoms with Crippen molar-refractivity contribution in [3.8, 4) is 0 Å². The maximum Gasteiger partial charge on any atom is 0.310 e. The van der Waals surface area contributed by atoms with Crippen LogP contribution >= 0.6 is 24.0 Å². The van der Waals surface area contributed by atoms with Crippen LogP contribution in [0.2, 0.25) is 0 Å². The van der Waals surface area contributed by atoms with Crippen molar-refractivity contribution in [3.63, 3.8) is 0 Å². The molecule has 1 N–H and O–H groups in total. The highest BCUT2D eigenvalue weighted by atomic mass is 127. The van der Waals surface area contributed by atoms with Crippen LogP contribution in [0.3, 0.4) is 0 Å². The second-order valence-corrected chi connectivity index (χ2v) is 6.75. The highest BCUT2D eigenvalue weighted by Crippen LogP contribution is 2.24. The second kappa shape index (κ2) is 9.99. The smallest absolute Gasteiger partial charge is 0.310 e. The van der Waals surface area contributed by atoms with Crippen molar-refractivity contribution < 1.29 is 9.53 Å². The first kappa shape index (κ1) is 21.7. The van der Waals surface area contributed by atoms with E-state index in [0.717, 1.165) is 19.0 Å². The summed E-state index contributed by atoms with van der Waals surface area (Å²) in [6.07, 6.45) is 0. The Labute approximate surface area is 168 Å². The van der Waals surface area contributed by atoms with E-state index in [2.05, 4.69) is 60.2 Å². The van der Waals surface area contributed by atoms with E-state index in [1.807, 2.05) is 0 Å². The van der Waals surface area contributed by atoms with E-state index in [4.69, 9.17) is 4.74 Å². The third-order valence-electron chi connectivity index (χ3n) is 4.84. The number of hydrogen-bond donors (Lipinski definition) is 1. The first-order chi connectivity index (χ1) is 11.5. The Balaban J connectivity index is 0.00000312. The van der Waals surface area contributed by atoms with Gasteiger partial charge in [-0.2, -0.15) is 0 Å². The fourth-order valence-corrected chi connectivity index (χ4v) is 3.19. The number of rotatable bonds is 4. The van der Waals surface area contributed by atoms with Crippen molar-refractivity contribution >= 4 is 35.9 Å². The first-order valence-electron chi connectivity index (χ1n) is 8.56. The lowest BCUT2D eigenvalue weighted by Crippen LogP contribution is -2.42. The van der Waals surface area contributed by atoms with Crippen LogP contribution in [-0.2, 0) is 9.53 Å². The summed E-state index contributed by atoms with van der Waals surface area (Å²) in [6, 6.07) is 8.64. The fraction of sp³-hybridized carbons (Fsp3) is 0.579. The lowest BCUT2D eigenvalue weighted by molar-refractivity contribution is -0.145. The number of ether oxygens (including phenoxy) is 1. The van der Waals surface area contributed by atoms with Crippen LogP contribution in [0.15, 0.2) is 29.3 Å². The molecular weight excluding hydrogens is 429 g/mol. The molecule has 0 aromatic heterocycles. The van der Waals surface area contributed by atoms with Crippen LogP contribution in [0.5, 0.6) is 0 Å². The number of likely N-dealkylation sites (tertiary alicyclic amines) is 1. The fourth-order valence-electron chi connectivity index (χ4n) is 3.19. The monoisotopic (exact) mass is 459 g/mol. The van der Waals surface area contributed by atoms with Gasteiger partial charge >= 0.3 is 5.97 Å². The molecule has 1 fully saturated rings. The maximum absolute atomic E-state index is 11.9. The van der Waals surface area contributed by atoms with Crippen molar-refractivity contribution in [2.24, 2.45) is 16.8 Å². The van der Waals surface area contributed by atoms with Gasteiger partial charge in [-0.05, 0) is 24.3 Å². The molecule has 1 aliphatic rings. The number of carbonyl (C=O) groups is 1. The minimum Gasteiger partial charge on any atom is -0.469 e. The van der Waals surface area contributed by atoms with Crippen LogP contribution in [-0.4, -0.2) is 50.6 Å². The molecule has 0 radical (unpaired) electrons. The molecule has 1 saturated heterocycles. The van der Waals surface area contributed by atoms with Gasteiger partial charge in [0.2, 0.25) is 0 Å². The largest absolute Gasteiger partial charge is 0.469 e. The molecule has 0 aliphatic carbocycles. The number of nitrogens with zero attached hydrogens (tertiary/aromatic N) is 2. The number of hydrogen-bond acceptors (Lipinski definition) is 3. The number of nitrogens with one attached hydrogen (secondary N) is 1. The van der Waals surface area contributed by atoms with E-state index in [1.54, 1.807) is 7.05 Å². The Morgan fingerprint density at radius 3 is 2.56 bits per heavy atom. The second-order valence-electron chi connectivity index (χ2n) is 6.75. The average molecular weight is 459 g/mol. The van der Waals surface area contributed by atoms with Gasteiger partial charge in [0.05, 0.1) is 13.0 Å². The van der Waals surface area contributed by atoms with E-state index in [-0.39, 0.29) is 41.8 Å². The predicted molar refractivity (Wildman–Crippen MR) is 113 cm³/mol. The van der Waals surface area contributed by atoms with Crippen LogP contribution < -0.4 is 5.32 Å². The van der Waals surface area contributed by atoms with Crippen molar-refractivity contribution in [2.75, 3.05) is 33.8 Å². The molecule has 1 heterocycles. The highest BCUT2D eigenvalue weighted by Gasteiger charge is 2.36. The molecular formula is C19H30IN3O2. The molecule has 1 aliphatic heterocycles. The van der Waals surface area contributed by atoms with E-state index in [1.165, 1.54) is 18.2 Å². The zero-order chi connectivity index (χ0) is 17.7. The molecule has 3 atom stereocenters. The SMILES string of the molecule is CN=C(NCC(C)c1ccc(C)cc1)N1CC(C)C(C(=O)OC)C1.I. The molecule has 140 valence electrons. The lowest BCUT2D eigenvalue weighted by Gasteiger charge is -2.23. The maximum atomic E-state index is 11.9. The number of aliphatic imine (C=N–C) groups is 1. The van der Waals surface area contributed by atoms with Gasteiger partial charge in [0.25, 0.3) is 0 Å². The molecule has 25 heavy (non-hydrogen) atoms. The van der Waals surface area contributed by atoms with Gasteiger partial charge < -0.3 is 15.0 Å². The van der Waals surface area contributed by atoms with Gasteiger partial charge in [-0.15, -0.1) is 24.0 Å². The Morgan fingerprint density at radius 2 is 2.00 bits per heavy atom. The number of esters is 1. The number of methoxy groups -OCH3 is 1. The molecule has 0 saturated carbocycles. The number of aryl methyl sites for hydroxylation is 1. The first-order valence-corrected chi connectivity index (χ1v) is 8.56. The molecule has 3 unspecified atom stereocenters. The van der Waals surface area contributed by atoms with Crippen LogP contribution in [0.4, 0.5) is 0 Å². The zero-order valence-corrected chi connectivity index (χ0v) is 18.1. The van der Waals surface area contributed by atoms with E-state index in [9.17, 15) is 4.79 Å². The predicted octanol–water partition coefficient (Wildman–Crippen LogP) is 3.03. The molecule has 1 aromatic rings. The Kier molecular flexibility index (Phi) is 8.68. The minimum absolute atomic E-state index is 0. The number of halogens is 1. The van der Waals surface area contributed by atoms with E-state index < -0.39 is 0 Å². The summed E-state index contributed by atoms with van der Waals surface area (Å²) in [5, 5.41) is 3.45. The molecule has 2 rings (SSSR count). The number of carbonyl (C=O) groups excluding carboxylic acids is 1. The molecule has 0 spiro atoms. The Hall–Kier alpha value is -1.31. The highest BCUT2D eigenvalue weighted by molar-refractivity contribution is 14.0. The quantitative estimate of drug-likeness (QED) is 0.326. The van der Waals surface area contributed by atoms with Crippen molar-refractivity contribution in [3.05, 3.63) is 35.4 Å². The standard InChI is InChI=1S/C19H29N3O2.HI/c1-13-6-8-16(9-7-13)14(2)10-21-19(20-4)22-11-15(3)17(12-22)18(23)24-5;/h6-9,14-15,17H,10-12H2,1-5H3,(H,20,21);1H. The minimum atomic E-state index is -0.131. The molecule has 5 nitrogen and oxygen atoms in total. The van der Waals surface area contributed by atoms with Crippen molar-refractivity contribution in [2.45, 2.75) is 26.7 Å².